The Morgan fingerprint density at radius 2 is 1.37 bits per heavy atom. The molecule has 1 aromatic heterocycles. The second-order valence-corrected chi connectivity index (χ2v) is 21.0. The van der Waals surface area contributed by atoms with Gasteiger partial charge >= 0.3 is 186 Å². The maximum atomic E-state index is 15.4. The van der Waals surface area contributed by atoms with Crippen LogP contribution >= 0.6 is 20.2 Å². The summed E-state index contributed by atoms with van der Waals surface area (Å²) in [7, 11) is 1.62. The molecule has 1 aliphatic heterocycles. The number of ether oxygens (including phenoxy) is 6. The first-order chi connectivity index (χ1) is 32.3. The van der Waals surface area contributed by atoms with Crippen LogP contribution in [0.2, 0.25) is 0 Å². The molecule has 7 aromatic rings. The Labute approximate surface area is 393 Å². The molecule has 0 N–H and O–H groups in total. The number of likely N-dealkylation sites (N-methyl/N-ethyl adjacent to an activating group) is 1. The molecule has 356 valence electrons. The number of hydrogen-bond acceptors (Lipinski definition) is 10. The zero-order valence-electron chi connectivity index (χ0n) is 37.5. The summed E-state index contributed by atoms with van der Waals surface area (Å²) >= 11 is -4.17. The van der Waals surface area contributed by atoms with E-state index in [0.29, 0.717) is 76.9 Å². The van der Waals surface area contributed by atoms with Gasteiger partial charge in [-0.1, -0.05) is 59.8 Å². The number of nitrogens with zero attached hydrogens (tertiary/aromatic N) is 4. The molecule has 0 saturated heterocycles. The van der Waals surface area contributed by atoms with Crippen LogP contribution in [0.4, 0.5) is 17.6 Å². The molecule has 0 fully saturated rings. The third-order valence-corrected chi connectivity index (χ3v) is 16.8. The van der Waals surface area contributed by atoms with Crippen LogP contribution in [0, 0.1) is 3.57 Å². The van der Waals surface area contributed by atoms with Crippen molar-refractivity contribution in [3.05, 3.63) is 135 Å². The number of alkyl halides is 5. The molecule has 17 heteroatoms. The summed E-state index contributed by atoms with van der Waals surface area (Å²) in [4.78, 5) is 14.0. The Morgan fingerprint density at radius 3 is 2.10 bits per heavy atom. The average Bonchev–Trinajstić information content (AvgIpc) is 3.90. The first-order valence-electron chi connectivity index (χ1n) is 22.0. The number of carbonyl (C=O) groups is 1. The number of benzene rings is 6. The quantitative estimate of drug-likeness (QED) is 0.0180. The molecule has 0 atom stereocenters. The number of rotatable bonds is 25. The minimum Gasteiger partial charge on any atom is -0.377 e. The summed E-state index contributed by atoms with van der Waals surface area (Å²) in [5, 5.41) is 15.9. The predicted molar refractivity (Wildman–Crippen MR) is 254 cm³/mol. The second-order valence-electron chi connectivity index (χ2n) is 16.6. The van der Waals surface area contributed by atoms with Gasteiger partial charge in [0.2, 0.25) is 0 Å². The fourth-order valence-electron chi connectivity index (χ4n) is 7.79. The number of halogens is 5. The van der Waals surface area contributed by atoms with Gasteiger partial charge in [0.25, 0.3) is 0 Å². The van der Waals surface area contributed by atoms with Crippen LogP contribution in [-0.2, 0) is 63.3 Å². The Morgan fingerprint density at radius 1 is 0.731 bits per heavy atom. The van der Waals surface area contributed by atoms with E-state index in [4.69, 9.17) is 26.8 Å². The van der Waals surface area contributed by atoms with E-state index in [0.717, 1.165) is 11.3 Å². The number of aromatic nitrogens is 3. The molecular weight excluding hydrogens is 987 g/mol. The zero-order chi connectivity index (χ0) is 47.0. The number of amides is 1. The van der Waals surface area contributed by atoms with Crippen LogP contribution in [0.15, 0.2) is 109 Å². The van der Waals surface area contributed by atoms with Crippen molar-refractivity contribution >= 4 is 58.5 Å². The molecule has 0 spiro atoms. The van der Waals surface area contributed by atoms with Gasteiger partial charge in [-0.15, -0.1) is 5.10 Å². The van der Waals surface area contributed by atoms with Crippen molar-refractivity contribution in [1.82, 2.24) is 19.9 Å². The number of hydrogen-bond donors (Lipinski definition) is 0. The second kappa shape index (κ2) is 21.5. The van der Waals surface area contributed by atoms with Gasteiger partial charge in [0.1, 0.15) is 5.69 Å². The van der Waals surface area contributed by atoms with Gasteiger partial charge in [0, 0.05) is 0 Å². The summed E-state index contributed by atoms with van der Waals surface area (Å²) < 4.78 is 96.7. The van der Waals surface area contributed by atoms with Gasteiger partial charge in [-0.2, -0.15) is 0 Å². The van der Waals surface area contributed by atoms with Gasteiger partial charge in [-0.3, -0.25) is 0 Å². The van der Waals surface area contributed by atoms with Crippen molar-refractivity contribution in [3.8, 4) is 5.75 Å². The minimum absolute atomic E-state index is 0.146. The molecule has 0 unspecified atom stereocenters. The normalized spacial score (nSPS) is 14.4. The van der Waals surface area contributed by atoms with Crippen molar-refractivity contribution in [2.75, 3.05) is 66.4 Å². The topological polar surface area (TPSA) is 116 Å². The maximum absolute atomic E-state index is 15.4. The molecule has 2 heterocycles. The molecule has 0 bridgehead atoms. The van der Waals surface area contributed by atoms with Crippen molar-refractivity contribution in [2.45, 2.75) is 55.7 Å². The van der Waals surface area contributed by atoms with Crippen LogP contribution < -0.4 is 4.74 Å². The van der Waals surface area contributed by atoms with Gasteiger partial charge in [-0.05, 0) is 37.9 Å². The molecule has 12 nitrogen and oxygen atoms in total. The third-order valence-electron chi connectivity index (χ3n) is 11.4. The average molecular weight is 1040 g/mol. The molecule has 0 aliphatic carbocycles. The Balaban J connectivity index is 0.630. The van der Waals surface area contributed by atoms with E-state index < -0.39 is 41.6 Å². The molecule has 1 aliphatic rings. The first kappa shape index (κ1) is 48.4. The van der Waals surface area contributed by atoms with Crippen molar-refractivity contribution in [2.24, 2.45) is 0 Å². The molecule has 0 radical (unpaired) electrons. The zero-order valence-corrected chi connectivity index (χ0v) is 39.7. The fourth-order valence-corrected chi connectivity index (χ4v) is 12.9. The molecule has 1 amide bonds. The summed E-state index contributed by atoms with van der Waals surface area (Å²) in [5.41, 5.74) is 1.97. The predicted octanol–water partition coefficient (Wildman–Crippen LogP) is 9.78. The summed E-state index contributed by atoms with van der Waals surface area (Å²) in [6, 6.07) is 31.1. The van der Waals surface area contributed by atoms with Gasteiger partial charge in [0.15, 0.2) is 0 Å². The van der Waals surface area contributed by atoms with Crippen LogP contribution in [0.3, 0.4) is 0 Å². The van der Waals surface area contributed by atoms with Gasteiger partial charge in [0.05, 0.1) is 72.2 Å². The third kappa shape index (κ3) is 11.5. The minimum atomic E-state index is -4.80. The Hall–Kier alpha value is -5.02. The molecule has 67 heavy (non-hydrogen) atoms. The molecule has 6 aromatic carbocycles. The van der Waals surface area contributed by atoms with E-state index in [1.165, 1.54) is 67.5 Å². The van der Waals surface area contributed by atoms with Crippen molar-refractivity contribution in [1.29, 1.82) is 0 Å². The molecule has 0 saturated carbocycles. The standard InChI is InChI=1S/C50H53F4IN4O8/c1-48(2)43-9-4-5-10-44(43)55(67-48)49(51,52)50(53,54)66-41-18-11-35(12-19-41)21-22-58(3)45(60)34-64-30-29-63-28-27-62-26-25-61-24-23-59-31-40(56-57-59)33-65-32-39-16-15-38-14-13-36-7-6-8-37-17-20-42(39)47(38)46(36)37/h4-20,31H,21-30,32-34H2,1-3H3. The first-order valence-corrected chi connectivity index (χ1v) is 25.0. The van der Waals surface area contributed by atoms with Crippen molar-refractivity contribution in [3.63, 3.8) is 0 Å². The van der Waals surface area contributed by atoms with Gasteiger partial charge < -0.3 is 23.7 Å². The van der Waals surface area contributed by atoms with Crippen LogP contribution in [-0.4, -0.2) is 102 Å². The summed E-state index contributed by atoms with van der Waals surface area (Å²) in [5.74, 6) is -0.656. The number of fused-ring (bicyclic) bond motifs is 1. The van der Waals surface area contributed by atoms with Gasteiger partial charge in [-0.25, -0.2) is 4.68 Å². The van der Waals surface area contributed by atoms with E-state index in [1.54, 1.807) is 43.8 Å². The van der Waals surface area contributed by atoms with E-state index >= 15 is 17.6 Å². The fraction of sp³-hybridized carbons (Fsp3) is 0.380. The van der Waals surface area contributed by atoms with Crippen molar-refractivity contribution < 1.29 is 53.8 Å². The van der Waals surface area contributed by atoms with Crippen LogP contribution in [0.5, 0.6) is 5.75 Å². The summed E-state index contributed by atoms with van der Waals surface area (Å²) in [6.45, 7) is 7.19. The molecule has 8 rings (SSSR count). The number of carbonyl (C=O) groups excluding carboxylic acids is 1. The van der Waals surface area contributed by atoms with E-state index in [-0.39, 0.29) is 29.3 Å². The van der Waals surface area contributed by atoms with E-state index in [9.17, 15) is 4.79 Å². The smallest absolute Gasteiger partial charge is 0.377 e. The van der Waals surface area contributed by atoms with E-state index in [2.05, 4.69) is 69.6 Å². The Kier molecular flexibility index (Phi) is 15.6. The SMILES string of the molecule is CN(CCc1ccc(OC(F)(F)C(F)(F)I2OC(C)(C)c3ccccc32)cc1)C(=O)COCCOCCOCCOCCn1cc(COCc2ccc3ccc4cccc5ccc2c3c45)nn1. The van der Waals surface area contributed by atoms with Crippen LogP contribution in [0.1, 0.15) is 36.2 Å². The van der Waals surface area contributed by atoms with Crippen LogP contribution in [0.25, 0.3) is 32.3 Å². The van der Waals surface area contributed by atoms with E-state index in [1.807, 2.05) is 6.20 Å². The summed E-state index contributed by atoms with van der Waals surface area (Å²) in [6.07, 6.45) is -2.54. The Bertz CT molecular complexity index is 2720. The monoisotopic (exact) mass is 1040 g/mol. The molecular formula is C50H53F4IN4O8.